The molecule has 0 spiro atoms. The molecule has 4 nitrogen and oxygen atoms in total. The maximum atomic E-state index is 11.8. The maximum Gasteiger partial charge on any atom is 0.355 e. The molecule has 0 atom stereocenters. The lowest BCUT2D eigenvalue weighted by Crippen LogP contribution is -1.93. The summed E-state index contributed by atoms with van der Waals surface area (Å²) in [6, 6.07) is 11.2. The standard InChI is InChI=1S/C17H10BrClO4/c18-12-7-9(1-6-13(12)21)8-14-15(16(19)17(22)23-14)10-2-4-11(20)5-3-10/h1-8,20-21H/b14-8-. The lowest BCUT2D eigenvalue weighted by molar-refractivity contribution is -0.132. The van der Waals surface area contributed by atoms with Crippen LogP contribution in [-0.4, -0.2) is 16.2 Å². The zero-order chi connectivity index (χ0) is 16.6. The van der Waals surface area contributed by atoms with E-state index in [1.165, 1.54) is 18.2 Å². The fraction of sp³-hybridized carbons (Fsp3) is 0. The SMILES string of the molecule is O=C1O/C(=C\c2ccc(O)c(Br)c2)C(c2ccc(O)cc2)=C1Cl. The Kier molecular flexibility index (Phi) is 4.15. The van der Waals surface area contributed by atoms with E-state index in [0.717, 1.165) is 5.56 Å². The molecule has 0 saturated carbocycles. The lowest BCUT2D eigenvalue weighted by Gasteiger charge is -2.06. The number of hydrogen-bond donors (Lipinski definition) is 2. The molecule has 0 saturated heterocycles. The molecule has 2 aromatic rings. The van der Waals surface area contributed by atoms with Gasteiger partial charge in [0.15, 0.2) is 0 Å². The van der Waals surface area contributed by atoms with Gasteiger partial charge in [0.1, 0.15) is 22.3 Å². The number of rotatable bonds is 2. The summed E-state index contributed by atoms with van der Waals surface area (Å²) in [4.78, 5) is 11.8. The third kappa shape index (κ3) is 3.11. The molecule has 6 heteroatoms. The molecule has 0 amide bonds. The molecule has 1 heterocycles. The minimum atomic E-state index is -0.626. The largest absolute Gasteiger partial charge is 0.508 e. The maximum absolute atomic E-state index is 11.8. The van der Waals surface area contributed by atoms with E-state index in [9.17, 15) is 15.0 Å². The molecule has 2 aromatic carbocycles. The minimum Gasteiger partial charge on any atom is -0.508 e. The van der Waals surface area contributed by atoms with Crippen LogP contribution in [0.25, 0.3) is 11.6 Å². The number of phenolic OH excluding ortho intramolecular Hbond substituents is 2. The summed E-state index contributed by atoms with van der Waals surface area (Å²) in [5, 5.41) is 18.9. The highest BCUT2D eigenvalue weighted by atomic mass is 79.9. The highest BCUT2D eigenvalue weighted by Gasteiger charge is 2.29. The van der Waals surface area contributed by atoms with Gasteiger partial charge in [-0.1, -0.05) is 29.8 Å². The minimum absolute atomic E-state index is 0.0141. The van der Waals surface area contributed by atoms with Gasteiger partial charge in [0.2, 0.25) is 0 Å². The molecule has 116 valence electrons. The van der Waals surface area contributed by atoms with Crippen molar-refractivity contribution in [1.82, 2.24) is 0 Å². The molecular weight excluding hydrogens is 384 g/mol. The molecule has 0 fully saturated rings. The molecular formula is C17H10BrClO4. The van der Waals surface area contributed by atoms with Gasteiger partial charge in [0, 0.05) is 0 Å². The summed E-state index contributed by atoms with van der Waals surface area (Å²) in [5.74, 6) is -0.0891. The number of aromatic hydroxyl groups is 2. The number of halogens is 2. The lowest BCUT2D eigenvalue weighted by atomic mass is 10.0. The van der Waals surface area contributed by atoms with Crippen molar-refractivity contribution < 1.29 is 19.7 Å². The Morgan fingerprint density at radius 3 is 2.43 bits per heavy atom. The molecule has 0 aromatic heterocycles. The van der Waals surface area contributed by atoms with Crippen LogP contribution >= 0.6 is 27.5 Å². The number of carbonyl (C=O) groups is 1. The van der Waals surface area contributed by atoms with Crippen molar-refractivity contribution in [2.24, 2.45) is 0 Å². The van der Waals surface area contributed by atoms with Crippen LogP contribution in [0, 0.1) is 0 Å². The zero-order valence-corrected chi connectivity index (χ0v) is 13.9. The van der Waals surface area contributed by atoms with Gasteiger partial charge in [0.05, 0.1) is 10.0 Å². The first kappa shape index (κ1) is 15.6. The van der Waals surface area contributed by atoms with Gasteiger partial charge < -0.3 is 14.9 Å². The number of allylic oxidation sites excluding steroid dienone is 1. The van der Waals surface area contributed by atoms with Gasteiger partial charge >= 0.3 is 5.97 Å². The number of hydrogen-bond acceptors (Lipinski definition) is 4. The van der Waals surface area contributed by atoms with Gasteiger partial charge in [-0.25, -0.2) is 4.79 Å². The summed E-state index contributed by atoms with van der Waals surface area (Å²) >= 11 is 9.31. The van der Waals surface area contributed by atoms with Crippen molar-refractivity contribution in [1.29, 1.82) is 0 Å². The first-order valence-corrected chi connectivity index (χ1v) is 7.75. The summed E-state index contributed by atoms with van der Waals surface area (Å²) in [6.45, 7) is 0. The van der Waals surface area contributed by atoms with E-state index < -0.39 is 5.97 Å². The Labute approximate surface area is 145 Å². The molecule has 0 radical (unpaired) electrons. The normalized spacial score (nSPS) is 16.1. The average Bonchev–Trinajstić information content (AvgIpc) is 2.79. The van der Waals surface area contributed by atoms with Crippen LogP contribution in [0.1, 0.15) is 11.1 Å². The Morgan fingerprint density at radius 2 is 1.78 bits per heavy atom. The first-order chi connectivity index (χ1) is 11.0. The smallest absolute Gasteiger partial charge is 0.355 e. The van der Waals surface area contributed by atoms with Gasteiger partial charge in [0.25, 0.3) is 0 Å². The predicted octanol–water partition coefficient (Wildman–Crippen LogP) is 4.41. The van der Waals surface area contributed by atoms with E-state index in [0.29, 0.717) is 21.4 Å². The average molecular weight is 394 g/mol. The van der Waals surface area contributed by atoms with E-state index in [-0.39, 0.29) is 16.5 Å². The number of phenols is 2. The van der Waals surface area contributed by atoms with Crippen LogP contribution < -0.4 is 0 Å². The van der Waals surface area contributed by atoms with E-state index >= 15 is 0 Å². The van der Waals surface area contributed by atoms with E-state index in [1.54, 1.807) is 30.3 Å². The Bertz CT molecular complexity index is 853. The van der Waals surface area contributed by atoms with Crippen LogP contribution in [0.3, 0.4) is 0 Å². The molecule has 1 aliphatic rings. The fourth-order valence-electron chi connectivity index (χ4n) is 2.17. The van der Waals surface area contributed by atoms with Crippen molar-refractivity contribution in [2.75, 3.05) is 0 Å². The van der Waals surface area contributed by atoms with Crippen molar-refractivity contribution in [3.05, 3.63) is 68.9 Å². The van der Waals surface area contributed by atoms with Gasteiger partial charge in [-0.2, -0.15) is 0 Å². The van der Waals surface area contributed by atoms with Crippen molar-refractivity contribution >= 4 is 45.1 Å². The second-order valence-corrected chi connectivity index (χ2v) is 6.08. The third-order valence-electron chi connectivity index (χ3n) is 3.27. The number of ether oxygens (including phenoxy) is 1. The van der Waals surface area contributed by atoms with Crippen LogP contribution in [0.4, 0.5) is 0 Å². The third-order valence-corrected chi connectivity index (χ3v) is 4.25. The topological polar surface area (TPSA) is 66.8 Å². The molecule has 1 aliphatic heterocycles. The Balaban J connectivity index is 2.07. The summed E-state index contributed by atoms with van der Waals surface area (Å²) in [6.07, 6.45) is 1.65. The molecule has 0 aliphatic carbocycles. The second-order valence-electron chi connectivity index (χ2n) is 4.84. The van der Waals surface area contributed by atoms with Crippen LogP contribution in [0.15, 0.2) is 57.7 Å². The molecule has 3 rings (SSSR count). The Hall–Kier alpha value is -2.24. The molecule has 23 heavy (non-hydrogen) atoms. The molecule has 0 unspecified atom stereocenters. The summed E-state index contributed by atoms with van der Waals surface area (Å²) < 4.78 is 5.75. The monoisotopic (exact) mass is 392 g/mol. The van der Waals surface area contributed by atoms with E-state index in [1.807, 2.05) is 0 Å². The van der Waals surface area contributed by atoms with Crippen molar-refractivity contribution in [3.63, 3.8) is 0 Å². The zero-order valence-electron chi connectivity index (χ0n) is 11.6. The Morgan fingerprint density at radius 1 is 1.09 bits per heavy atom. The quantitative estimate of drug-likeness (QED) is 0.742. The predicted molar refractivity (Wildman–Crippen MR) is 90.8 cm³/mol. The summed E-state index contributed by atoms with van der Waals surface area (Å²) in [5.41, 5.74) is 1.84. The van der Waals surface area contributed by atoms with Crippen molar-refractivity contribution in [2.45, 2.75) is 0 Å². The fourth-order valence-corrected chi connectivity index (χ4v) is 2.81. The van der Waals surface area contributed by atoms with Crippen LogP contribution in [0.5, 0.6) is 11.5 Å². The second kappa shape index (κ2) is 6.10. The van der Waals surface area contributed by atoms with Gasteiger partial charge in [-0.05, 0) is 57.4 Å². The molecule has 2 N–H and O–H groups in total. The number of cyclic esters (lactones) is 1. The number of benzene rings is 2. The van der Waals surface area contributed by atoms with E-state index in [4.69, 9.17) is 16.3 Å². The highest BCUT2D eigenvalue weighted by Crippen LogP contribution is 2.38. The van der Waals surface area contributed by atoms with Crippen molar-refractivity contribution in [3.8, 4) is 11.5 Å². The summed E-state index contributed by atoms with van der Waals surface area (Å²) in [7, 11) is 0. The van der Waals surface area contributed by atoms with Gasteiger partial charge in [-0.15, -0.1) is 0 Å². The van der Waals surface area contributed by atoms with Crippen LogP contribution in [0.2, 0.25) is 0 Å². The first-order valence-electron chi connectivity index (χ1n) is 6.57. The van der Waals surface area contributed by atoms with E-state index in [2.05, 4.69) is 15.9 Å². The number of esters is 1. The van der Waals surface area contributed by atoms with Crippen LogP contribution in [-0.2, 0) is 9.53 Å². The number of carbonyl (C=O) groups excluding carboxylic acids is 1. The van der Waals surface area contributed by atoms with Gasteiger partial charge in [-0.3, -0.25) is 0 Å². The highest BCUT2D eigenvalue weighted by molar-refractivity contribution is 9.10. The molecule has 0 bridgehead atoms.